The van der Waals surface area contributed by atoms with E-state index in [1.54, 1.807) is 24.3 Å². The molecule has 0 amide bonds. The Morgan fingerprint density at radius 1 is 0.923 bits per heavy atom. The Balaban J connectivity index is 1.62. The highest BCUT2D eigenvalue weighted by molar-refractivity contribution is 6.35. The predicted octanol–water partition coefficient (Wildman–Crippen LogP) is 6.02. The molecule has 0 N–H and O–H groups in total. The molecule has 1 aromatic heterocycles. The molecule has 3 aromatic carbocycles. The highest BCUT2D eigenvalue weighted by atomic mass is 35.5. The summed E-state index contributed by atoms with van der Waals surface area (Å²) in [6, 6.07) is 19.1. The lowest BCUT2D eigenvalue weighted by atomic mass is 10.2. The first kappa shape index (κ1) is 16.6. The fourth-order valence-corrected chi connectivity index (χ4v) is 3.04. The van der Waals surface area contributed by atoms with Crippen molar-refractivity contribution >= 4 is 40.3 Å². The van der Waals surface area contributed by atoms with Crippen LogP contribution in [0.25, 0.3) is 22.6 Å². The molecular weight excluding hydrogens is 373 g/mol. The fraction of sp³-hybridized carbons (Fsp3) is 0. The number of hydrogen-bond acceptors (Lipinski definition) is 4. The first-order chi connectivity index (χ1) is 12.6. The van der Waals surface area contributed by atoms with Crippen molar-refractivity contribution in [1.29, 1.82) is 0 Å². The molecule has 0 aliphatic heterocycles. The fourth-order valence-electron chi connectivity index (χ4n) is 2.51. The molecule has 0 saturated heterocycles. The van der Waals surface area contributed by atoms with Crippen LogP contribution in [0, 0.1) is 0 Å². The summed E-state index contributed by atoms with van der Waals surface area (Å²) in [7, 11) is 0. The van der Waals surface area contributed by atoms with E-state index in [9.17, 15) is 4.79 Å². The molecule has 4 aromatic rings. The van der Waals surface area contributed by atoms with E-state index in [0.29, 0.717) is 32.8 Å². The lowest BCUT2D eigenvalue weighted by molar-refractivity contribution is 0.0735. The molecule has 0 spiro atoms. The van der Waals surface area contributed by atoms with Gasteiger partial charge < -0.3 is 9.15 Å². The summed E-state index contributed by atoms with van der Waals surface area (Å²) in [5.41, 5.74) is 2.34. The summed E-state index contributed by atoms with van der Waals surface area (Å²) >= 11 is 11.8. The third-order valence-electron chi connectivity index (χ3n) is 3.69. The Morgan fingerprint density at radius 2 is 1.65 bits per heavy atom. The van der Waals surface area contributed by atoms with Crippen LogP contribution in [0.1, 0.15) is 10.4 Å². The van der Waals surface area contributed by atoms with Gasteiger partial charge in [-0.15, -0.1) is 0 Å². The number of benzene rings is 3. The predicted molar refractivity (Wildman–Crippen MR) is 101 cm³/mol. The van der Waals surface area contributed by atoms with Crippen molar-refractivity contribution in [1.82, 2.24) is 4.98 Å². The van der Waals surface area contributed by atoms with Crippen LogP contribution in [0.4, 0.5) is 0 Å². The molecule has 0 unspecified atom stereocenters. The van der Waals surface area contributed by atoms with Gasteiger partial charge in [0.1, 0.15) is 11.3 Å². The van der Waals surface area contributed by atoms with E-state index >= 15 is 0 Å². The summed E-state index contributed by atoms with van der Waals surface area (Å²) in [5, 5.41) is 0.727. The van der Waals surface area contributed by atoms with Crippen molar-refractivity contribution in [2.45, 2.75) is 0 Å². The molecule has 128 valence electrons. The molecule has 4 rings (SSSR count). The average molecular weight is 384 g/mol. The van der Waals surface area contributed by atoms with Gasteiger partial charge in [0.15, 0.2) is 5.58 Å². The quantitative estimate of drug-likeness (QED) is 0.320. The minimum Gasteiger partial charge on any atom is -0.436 e. The number of fused-ring (bicyclic) bond motifs is 1. The Hall–Kier alpha value is -2.82. The zero-order chi connectivity index (χ0) is 18.1. The summed E-state index contributed by atoms with van der Waals surface area (Å²) in [6.07, 6.45) is 0. The summed E-state index contributed by atoms with van der Waals surface area (Å²) in [4.78, 5) is 16.7. The van der Waals surface area contributed by atoms with E-state index in [1.807, 2.05) is 30.3 Å². The number of carbonyl (C=O) groups excluding carboxylic acids is 1. The van der Waals surface area contributed by atoms with Gasteiger partial charge in [0.05, 0.1) is 5.56 Å². The van der Waals surface area contributed by atoms with Gasteiger partial charge in [0, 0.05) is 21.7 Å². The maximum atomic E-state index is 12.3. The van der Waals surface area contributed by atoms with Gasteiger partial charge in [0.2, 0.25) is 5.89 Å². The largest absolute Gasteiger partial charge is 0.436 e. The topological polar surface area (TPSA) is 52.3 Å². The molecule has 0 atom stereocenters. The first-order valence-corrected chi connectivity index (χ1v) is 8.48. The Kier molecular flexibility index (Phi) is 4.37. The molecule has 6 heteroatoms. The summed E-state index contributed by atoms with van der Waals surface area (Å²) in [5.74, 6) is 0.289. The van der Waals surface area contributed by atoms with Crippen LogP contribution >= 0.6 is 23.2 Å². The van der Waals surface area contributed by atoms with Gasteiger partial charge in [-0.05, 0) is 42.5 Å². The van der Waals surface area contributed by atoms with Gasteiger partial charge >= 0.3 is 5.97 Å². The maximum absolute atomic E-state index is 12.3. The van der Waals surface area contributed by atoms with Crippen molar-refractivity contribution in [3.05, 3.63) is 82.3 Å². The average Bonchev–Trinajstić information content (AvgIpc) is 3.05. The SMILES string of the molecule is O=C(Oc1ccc2nc(-c3ccccc3)oc2c1)c1cc(Cl)cc(Cl)c1. The van der Waals surface area contributed by atoms with Gasteiger partial charge in [0.25, 0.3) is 0 Å². The minimum absolute atomic E-state index is 0.269. The van der Waals surface area contributed by atoms with E-state index in [4.69, 9.17) is 32.4 Å². The highest BCUT2D eigenvalue weighted by Gasteiger charge is 2.13. The summed E-state index contributed by atoms with van der Waals surface area (Å²) in [6.45, 7) is 0. The molecule has 1 heterocycles. The van der Waals surface area contributed by atoms with Crippen molar-refractivity contribution in [2.24, 2.45) is 0 Å². The molecule has 0 fully saturated rings. The summed E-state index contributed by atoms with van der Waals surface area (Å²) < 4.78 is 11.2. The number of oxazole rings is 1. The van der Waals surface area contributed by atoms with Gasteiger partial charge in [-0.25, -0.2) is 9.78 Å². The second kappa shape index (κ2) is 6.83. The second-order valence-corrected chi connectivity index (χ2v) is 6.44. The zero-order valence-electron chi connectivity index (χ0n) is 13.3. The standard InChI is InChI=1S/C20H11Cl2NO3/c21-14-8-13(9-15(22)10-14)20(24)25-16-6-7-17-18(11-16)26-19(23-17)12-4-2-1-3-5-12/h1-11H. The van der Waals surface area contributed by atoms with Gasteiger partial charge in [-0.3, -0.25) is 0 Å². The van der Waals surface area contributed by atoms with Crippen molar-refractivity contribution in [2.75, 3.05) is 0 Å². The Morgan fingerprint density at radius 3 is 2.38 bits per heavy atom. The van der Waals surface area contributed by atoms with Crippen LogP contribution in [0.3, 0.4) is 0 Å². The van der Waals surface area contributed by atoms with Crippen LogP contribution in [0.2, 0.25) is 10.0 Å². The first-order valence-electron chi connectivity index (χ1n) is 7.73. The molecule has 26 heavy (non-hydrogen) atoms. The van der Waals surface area contributed by atoms with E-state index in [-0.39, 0.29) is 5.56 Å². The molecule has 0 saturated carbocycles. The molecule has 0 radical (unpaired) electrons. The number of nitrogens with zero attached hydrogens (tertiary/aromatic N) is 1. The number of esters is 1. The Labute approximate surface area is 158 Å². The minimum atomic E-state index is -0.559. The molecule has 0 bridgehead atoms. The van der Waals surface area contributed by atoms with Gasteiger partial charge in [-0.1, -0.05) is 41.4 Å². The van der Waals surface area contributed by atoms with E-state index in [2.05, 4.69) is 4.98 Å². The second-order valence-electron chi connectivity index (χ2n) is 5.56. The monoisotopic (exact) mass is 383 g/mol. The number of carbonyl (C=O) groups is 1. The number of halogens is 2. The van der Waals surface area contributed by atoms with Crippen LogP contribution in [0.15, 0.2) is 71.1 Å². The van der Waals surface area contributed by atoms with E-state index in [1.165, 1.54) is 12.1 Å². The van der Waals surface area contributed by atoms with Crippen molar-refractivity contribution in [3.8, 4) is 17.2 Å². The van der Waals surface area contributed by atoms with Crippen LogP contribution < -0.4 is 4.74 Å². The van der Waals surface area contributed by atoms with Crippen LogP contribution in [-0.4, -0.2) is 11.0 Å². The lowest BCUT2D eigenvalue weighted by Crippen LogP contribution is -2.08. The van der Waals surface area contributed by atoms with Crippen LogP contribution in [-0.2, 0) is 0 Å². The normalized spacial score (nSPS) is 10.8. The van der Waals surface area contributed by atoms with E-state index in [0.717, 1.165) is 5.56 Å². The molecular formula is C20H11Cl2NO3. The third kappa shape index (κ3) is 3.43. The van der Waals surface area contributed by atoms with E-state index < -0.39 is 5.97 Å². The molecule has 0 aliphatic carbocycles. The number of rotatable bonds is 3. The highest BCUT2D eigenvalue weighted by Crippen LogP contribution is 2.27. The lowest BCUT2D eigenvalue weighted by Gasteiger charge is -2.05. The van der Waals surface area contributed by atoms with Gasteiger partial charge in [-0.2, -0.15) is 0 Å². The Bertz CT molecular complexity index is 1090. The number of ether oxygens (including phenoxy) is 1. The number of hydrogen-bond donors (Lipinski definition) is 0. The smallest absolute Gasteiger partial charge is 0.343 e. The van der Waals surface area contributed by atoms with Crippen LogP contribution in [0.5, 0.6) is 5.75 Å². The van der Waals surface area contributed by atoms with Crippen molar-refractivity contribution in [3.63, 3.8) is 0 Å². The molecule has 0 aliphatic rings. The third-order valence-corrected chi connectivity index (χ3v) is 4.13. The molecule has 4 nitrogen and oxygen atoms in total. The number of aromatic nitrogens is 1. The zero-order valence-corrected chi connectivity index (χ0v) is 14.8. The maximum Gasteiger partial charge on any atom is 0.343 e. The van der Waals surface area contributed by atoms with Crippen molar-refractivity contribution < 1.29 is 13.9 Å².